The maximum atomic E-state index is 10.7. The molecule has 0 radical (unpaired) electrons. The van der Waals surface area contributed by atoms with E-state index in [0.29, 0.717) is 18.1 Å². The van der Waals surface area contributed by atoms with Crippen LogP contribution in [0.15, 0.2) is 0 Å². The lowest BCUT2D eigenvalue weighted by molar-refractivity contribution is -0.139. The van der Waals surface area contributed by atoms with Gasteiger partial charge < -0.3 is 9.84 Å². The van der Waals surface area contributed by atoms with Crippen molar-refractivity contribution >= 4 is 17.7 Å². The summed E-state index contributed by atoms with van der Waals surface area (Å²) in [6.45, 7) is 3.89. The maximum Gasteiger partial charge on any atom is 0.315 e. The summed E-state index contributed by atoms with van der Waals surface area (Å²) in [6, 6.07) is 0. The molecule has 1 N–H and O–H groups in total. The Morgan fingerprint density at radius 2 is 2.36 bits per heavy atom. The standard InChI is InChI=1S/C7H14O3S/c1-3-10-7(9)5-11-4-6(2)8/h6,8H,3-5H2,1-2H3. The molecule has 4 heteroatoms. The molecule has 0 aliphatic rings. The van der Waals surface area contributed by atoms with Crippen molar-refractivity contribution in [2.24, 2.45) is 0 Å². The van der Waals surface area contributed by atoms with Crippen LogP contribution in [-0.4, -0.2) is 35.3 Å². The Kier molecular flexibility index (Phi) is 6.36. The van der Waals surface area contributed by atoms with E-state index in [4.69, 9.17) is 5.11 Å². The van der Waals surface area contributed by atoms with Crippen LogP contribution in [0, 0.1) is 0 Å². The summed E-state index contributed by atoms with van der Waals surface area (Å²) >= 11 is 1.38. The van der Waals surface area contributed by atoms with Crippen molar-refractivity contribution in [3.8, 4) is 0 Å². The van der Waals surface area contributed by atoms with Crippen LogP contribution < -0.4 is 0 Å². The number of aliphatic hydroxyl groups excluding tert-OH is 1. The fraction of sp³-hybridized carbons (Fsp3) is 0.857. The largest absolute Gasteiger partial charge is 0.465 e. The molecule has 0 aromatic heterocycles. The third-order valence-electron chi connectivity index (χ3n) is 0.884. The fourth-order valence-electron chi connectivity index (χ4n) is 0.515. The Hall–Kier alpha value is -0.220. The molecule has 0 spiro atoms. The second kappa shape index (κ2) is 6.49. The second-order valence-corrected chi connectivity index (χ2v) is 3.20. The van der Waals surface area contributed by atoms with Crippen LogP contribution in [0.2, 0.25) is 0 Å². The monoisotopic (exact) mass is 178 g/mol. The van der Waals surface area contributed by atoms with Gasteiger partial charge in [0.05, 0.1) is 18.5 Å². The Balaban J connectivity index is 3.17. The fourth-order valence-corrected chi connectivity index (χ4v) is 1.22. The summed E-state index contributed by atoms with van der Waals surface area (Å²) in [4.78, 5) is 10.7. The van der Waals surface area contributed by atoms with Crippen LogP contribution in [0.4, 0.5) is 0 Å². The van der Waals surface area contributed by atoms with Gasteiger partial charge in [0.2, 0.25) is 0 Å². The van der Waals surface area contributed by atoms with Crippen molar-refractivity contribution in [3.05, 3.63) is 0 Å². The SMILES string of the molecule is CCOC(=O)CSCC(C)O. The van der Waals surface area contributed by atoms with Gasteiger partial charge in [-0.3, -0.25) is 4.79 Å². The first kappa shape index (κ1) is 10.8. The van der Waals surface area contributed by atoms with Crippen LogP contribution in [0.3, 0.4) is 0 Å². The van der Waals surface area contributed by atoms with E-state index >= 15 is 0 Å². The zero-order valence-electron chi connectivity index (χ0n) is 6.87. The van der Waals surface area contributed by atoms with E-state index in [0.717, 1.165) is 0 Å². The molecule has 0 heterocycles. The molecule has 0 aromatic rings. The van der Waals surface area contributed by atoms with Gasteiger partial charge in [-0.05, 0) is 13.8 Å². The van der Waals surface area contributed by atoms with E-state index < -0.39 is 0 Å². The van der Waals surface area contributed by atoms with Crippen LogP contribution in [0.1, 0.15) is 13.8 Å². The minimum absolute atomic E-state index is 0.210. The first-order chi connectivity index (χ1) is 5.16. The van der Waals surface area contributed by atoms with E-state index in [2.05, 4.69) is 4.74 Å². The molecule has 0 amide bonds. The Morgan fingerprint density at radius 1 is 1.73 bits per heavy atom. The van der Waals surface area contributed by atoms with Gasteiger partial charge in [-0.1, -0.05) is 0 Å². The predicted octanol–water partition coefficient (Wildman–Crippen LogP) is 0.663. The van der Waals surface area contributed by atoms with Crippen molar-refractivity contribution in [2.75, 3.05) is 18.1 Å². The number of thioether (sulfide) groups is 1. The smallest absolute Gasteiger partial charge is 0.315 e. The molecule has 1 unspecified atom stereocenters. The van der Waals surface area contributed by atoms with Crippen molar-refractivity contribution in [1.29, 1.82) is 0 Å². The number of hydrogen-bond acceptors (Lipinski definition) is 4. The van der Waals surface area contributed by atoms with Crippen molar-refractivity contribution in [2.45, 2.75) is 20.0 Å². The van der Waals surface area contributed by atoms with Crippen molar-refractivity contribution in [1.82, 2.24) is 0 Å². The Morgan fingerprint density at radius 3 is 2.82 bits per heavy atom. The minimum Gasteiger partial charge on any atom is -0.465 e. The summed E-state index contributed by atoms with van der Waals surface area (Å²) in [7, 11) is 0. The van der Waals surface area contributed by atoms with Gasteiger partial charge in [0.15, 0.2) is 0 Å². The summed E-state index contributed by atoms with van der Waals surface area (Å²) in [5, 5.41) is 8.82. The number of hydrogen-bond donors (Lipinski definition) is 1. The van der Waals surface area contributed by atoms with E-state index in [1.807, 2.05) is 0 Å². The highest BCUT2D eigenvalue weighted by molar-refractivity contribution is 7.99. The lowest BCUT2D eigenvalue weighted by atomic mass is 10.5. The summed E-state index contributed by atoms with van der Waals surface area (Å²) in [5.74, 6) is 0.704. The molecule has 1 atom stereocenters. The average molecular weight is 178 g/mol. The number of ether oxygens (including phenoxy) is 1. The molecule has 0 saturated heterocycles. The highest BCUT2D eigenvalue weighted by atomic mass is 32.2. The normalized spacial score (nSPS) is 12.6. The number of rotatable bonds is 5. The molecule has 0 bridgehead atoms. The van der Waals surface area contributed by atoms with Gasteiger partial charge in [0, 0.05) is 5.75 Å². The van der Waals surface area contributed by atoms with E-state index in [1.54, 1.807) is 13.8 Å². The van der Waals surface area contributed by atoms with Crippen molar-refractivity contribution in [3.63, 3.8) is 0 Å². The van der Waals surface area contributed by atoms with Gasteiger partial charge in [0.25, 0.3) is 0 Å². The quantitative estimate of drug-likeness (QED) is 0.628. The molecule has 0 aliphatic carbocycles. The average Bonchev–Trinajstić information content (AvgIpc) is 1.87. The minimum atomic E-state index is -0.352. The number of aliphatic hydroxyl groups is 1. The van der Waals surface area contributed by atoms with Crippen LogP contribution in [0.5, 0.6) is 0 Å². The van der Waals surface area contributed by atoms with Crippen LogP contribution >= 0.6 is 11.8 Å². The molecule has 0 saturated carbocycles. The Labute approximate surface area is 71.1 Å². The molecule has 0 aromatic carbocycles. The lowest BCUT2D eigenvalue weighted by Gasteiger charge is -2.03. The number of carbonyl (C=O) groups is 1. The van der Waals surface area contributed by atoms with Gasteiger partial charge >= 0.3 is 5.97 Å². The molecule has 11 heavy (non-hydrogen) atoms. The molecule has 3 nitrogen and oxygen atoms in total. The number of esters is 1. The zero-order valence-corrected chi connectivity index (χ0v) is 7.69. The molecule has 66 valence electrons. The molecular formula is C7H14O3S. The van der Waals surface area contributed by atoms with Crippen molar-refractivity contribution < 1.29 is 14.6 Å². The van der Waals surface area contributed by atoms with Gasteiger partial charge in [-0.25, -0.2) is 0 Å². The summed E-state index contributed by atoms with van der Waals surface area (Å²) in [6.07, 6.45) is -0.352. The van der Waals surface area contributed by atoms with Crippen LogP contribution in [-0.2, 0) is 9.53 Å². The molecule has 0 aliphatic heterocycles. The first-order valence-corrected chi connectivity index (χ1v) is 4.73. The second-order valence-electron chi connectivity index (χ2n) is 2.17. The van der Waals surface area contributed by atoms with E-state index in [9.17, 15) is 4.79 Å². The maximum absolute atomic E-state index is 10.7. The van der Waals surface area contributed by atoms with Gasteiger partial charge in [-0.2, -0.15) is 0 Å². The summed E-state index contributed by atoms with van der Waals surface area (Å²) < 4.78 is 4.68. The first-order valence-electron chi connectivity index (χ1n) is 3.58. The van der Waals surface area contributed by atoms with Crippen LogP contribution in [0.25, 0.3) is 0 Å². The molecule has 0 fully saturated rings. The Bertz CT molecular complexity index is 114. The van der Waals surface area contributed by atoms with Gasteiger partial charge in [-0.15, -0.1) is 11.8 Å². The summed E-state index contributed by atoms with van der Waals surface area (Å²) in [5.41, 5.74) is 0. The third-order valence-corrected chi connectivity index (χ3v) is 2.04. The topological polar surface area (TPSA) is 46.5 Å². The highest BCUT2D eigenvalue weighted by Crippen LogP contribution is 2.02. The molecular weight excluding hydrogens is 164 g/mol. The zero-order chi connectivity index (χ0) is 8.69. The lowest BCUT2D eigenvalue weighted by Crippen LogP contribution is -2.10. The number of carbonyl (C=O) groups excluding carboxylic acids is 1. The van der Waals surface area contributed by atoms with Gasteiger partial charge in [0.1, 0.15) is 0 Å². The van der Waals surface area contributed by atoms with E-state index in [-0.39, 0.29) is 12.1 Å². The molecule has 0 rings (SSSR count). The van der Waals surface area contributed by atoms with E-state index in [1.165, 1.54) is 11.8 Å². The third kappa shape index (κ3) is 7.68. The predicted molar refractivity (Wildman–Crippen MR) is 45.6 cm³/mol. The highest BCUT2D eigenvalue weighted by Gasteiger charge is 2.02.